The van der Waals surface area contributed by atoms with Crippen LogP contribution in [0, 0.1) is 0 Å². The summed E-state index contributed by atoms with van der Waals surface area (Å²) in [5, 5.41) is 46.0. The standard InChI is InChI=1S/C3H8O2.5C2H6O.Sr.Ta.2H/c1-3(4)5-2;5*1-2-3;;;;/h3-4H,1-2H3;5*3H,2H2,1H3;;;;/q;;;;;;+2;;2*-1. The normalized spacial score (nSPS) is 7.50. The van der Waals surface area contributed by atoms with Gasteiger partial charge in [-0.05, 0) is 41.5 Å². The van der Waals surface area contributed by atoms with Gasteiger partial charge in [-0.15, -0.1) is 0 Å². The first kappa shape index (κ1) is 49.6. The van der Waals surface area contributed by atoms with Gasteiger partial charge >= 0.3 is 45.5 Å². The van der Waals surface area contributed by atoms with Crippen molar-refractivity contribution in [3.63, 3.8) is 0 Å². The van der Waals surface area contributed by atoms with Crippen LogP contribution in [0.1, 0.15) is 44.4 Å². The van der Waals surface area contributed by atoms with Crippen LogP contribution in [0.15, 0.2) is 0 Å². The molecule has 1 atom stereocenters. The van der Waals surface area contributed by atoms with E-state index in [4.69, 9.17) is 30.6 Å². The fraction of sp³-hybridized carbons (Fsp3) is 1.00. The molecule has 0 amide bonds. The maximum atomic E-state index is 8.14. The fourth-order valence-electron chi connectivity index (χ4n) is 0. The number of rotatable bonds is 1. The van der Waals surface area contributed by atoms with Crippen LogP contribution in [0.5, 0.6) is 0 Å². The Morgan fingerprint density at radius 1 is 0.727 bits per heavy atom. The molecule has 0 aromatic heterocycles. The van der Waals surface area contributed by atoms with Crippen LogP contribution < -0.4 is 0 Å². The van der Waals surface area contributed by atoms with Crippen LogP contribution in [-0.2, 0) is 27.1 Å². The van der Waals surface area contributed by atoms with E-state index in [2.05, 4.69) is 4.74 Å². The SMILES string of the molecule is CCO.CCO.CCO.CCO.CCO.COC(C)O.[H-].[H-].[Sr+2].[Ta]. The summed E-state index contributed by atoms with van der Waals surface area (Å²) in [4.78, 5) is 0. The smallest absolute Gasteiger partial charge is 1.00 e. The predicted molar refractivity (Wildman–Crippen MR) is 90.5 cm³/mol. The van der Waals surface area contributed by atoms with Gasteiger partial charge in [-0.3, -0.25) is 0 Å². The monoisotopic (exact) mass is 577 g/mol. The molecule has 0 bridgehead atoms. The molecule has 0 aliphatic heterocycles. The average Bonchev–Trinajstić information content (AvgIpc) is 2.34. The van der Waals surface area contributed by atoms with Crippen molar-refractivity contribution in [3.05, 3.63) is 0 Å². The first-order valence-corrected chi connectivity index (χ1v) is 6.60. The van der Waals surface area contributed by atoms with E-state index in [-0.39, 0.29) is 104 Å². The van der Waals surface area contributed by atoms with E-state index in [1.807, 2.05) is 0 Å². The maximum Gasteiger partial charge on any atom is 2.00 e. The third kappa shape index (κ3) is 620. The van der Waals surface area contributed by atoms with Gasteiger partial charge in [0.2, 0.25) is 0 Å². The molecule has 7 nitrogen and oxygen atoms in total. The quantitative estimate of drug-likeness (QED) is 0.188. The summed E-state index contributed by atoms with van der Waals surface area (Å²) in [6, 6.07) is 0. The molecule has 1 unspecified atom stereocenters. The van der Waals surface area contributed by atoms with E-state index in [9.17, 15) is 0 Å². The third-order valence-electron chi connectivity index (χ3n) is 0.341. The van der Waals surface area contributed by atoms with Crippen LogP contribution in [0.4, 0.5) is 0 Å². The molecule has 0 aliphatic rings. The number of hydrogen-bond acceptors (Lipinski definition) is 7. The van der Waals surface area contributed by atoms with Gasteiger partial charge in [-0.2, -0.15) is 0 Å². The molecule has 0 aromatic rings. The van der Waals surface area contributed by atoms with Crippen molar-refractivity contribution in [2.45, 2.75) is 47.8 Å². The number of aliphatic hydroxyl groups is 6. The minimum atomic E-state index is -0.616. The van der Waals surface area contributed by atoms with Gasteiger partial charge in [-0.25, -0.2) is 0 Å². The zero-order chi connectivity index (χ0) is 17.8. The number of methoxy groups -OCH3 is 1. The molecule has 0 spiro atoms. The van der Waals surface area contributed by atoms with Crippen molar-refractivity contribution in [2.75, 3.05) is 40.1 Å². The summed E-state index contributed by atoms with van der Waals surface area (Å²) >= 11 is 0. The van der Waals surface area contributed by atoms with Gasteiger partial charge in [0.05, 0.1) is 0 Å². The molecule has 0 aliphatic carbocycles. The Kier molecular flexibility index (Phi) is 208. The van der Waals surface area contributed by atoms with Crippen molar-refractivity contribution in [1.29, 1.82) is 0 Å². The van der Waals surface area contributed by atoms with E-state index in [0.717, 1.165) is 0 Å². The summed E-state index contributed by atoms with van der Waals surface area (Å²) < 4.78 is 4.31. The molecule has 0 saturated carbocycles. The van der Waals surface area contributed by atoms with E-state index in [0.29, 0.717) is 0 Å². The van der Waals surface area contributed by atoms with Gasteiger partial charge in [0.1, 0.15) is 0 Å². The minimum Gasteiger partial charge on any atom is -1.00 e. The summed E-state index contributed by atoms with van der Waals surface area (Å²) in [6.07, 6.45) is -0.616. The van der Waals surface area contributed by atoms with Crippen LogP contribution in [0.2, 0.25) is 0 Å². The van der Waals surface area contributed by atoms with Crippen molar-refractivity contribution in [2.24, 2.45) is 0 Å². The molecule has 0 rings (SSSR count). The van der Waals surface area contributed by atoms with Crippen LogP contribution >= 0.6 is 0 Å². The molecule has 9 heteroatoms. The zero-order valence-electron chi connectivity index (χ0n) is 17.4. The molecular formula is C13H40O7SrTa. The summed E-state index contributed by atoms with van der Waals surface area (Å²) in [7, 11) is 1.45. The fourth-order valence-corrected chi connectivity index (χ4v) is 0. The van der Waals surface area contributed by atoms with E-state index >= 15 is 0 Å². The Morgan fingerprint density at radius 2 is 0.773 bits per heavy atom. The molecule has 0 aromatic carbocycles. The molecule has 0 heterocycles. The van der Waals surface area contributed by atoms with Crippen LogP contribution in [0.25, 0.3) is 0 Å². The van der Waals surface area contributed by atoms with Crippen LogP contribution in [-0.4, -0.2) is 123 Å². The van der Waals surface area contributed by atoms with E-state index in [1.165, 1.54) is 7.11 Å². The van der Waals surface area contributed by atoms with Crippen molar-refractivity contribution in [3.8, 4) is 0 Å². The number of hydrogen-bond donors (Lipinski definition) is 6. The van der Waals surface area contributed by atoms with Crippen LogP contribution in [0.3, 0.4) is 0 Å². The second-order valence-corrected chi connectivity index (χ2v) is 2.42. The average molecular weight is 577 g/mol. The summed E-state index contributed by atoms with van der Waals surface area (Å²) in [5.41, 5.74) is 0. The van der Waals surface area contributed by atoms with Gasteiger partial charge in [-0.1, -0.05) is 0 Å². The number of ether oxygens (including phenoxy) is 1. The molecule has 0 saturated heterocycles. The first-order chi connectivity index (χ1) is 9.34. The molecule has 0 fully saturated rings. The summed E-state index contributed by atoms with van der Waals surface area (Å²) in [5.74, 6) is 0. The topological polar surface area (TPSA) is 131 Å². The molecule has 141 valence electrons. The molecule has 22 heavy (non-hydrogen) atoms. The minimum absolute atomic E-state index is 0. The van der Waals surface area contributed by atoms with Gasteiger partial charge < -0.3 is 38.2 Å². The summed E-state index contributed by atoms with van der Waals surface area (Å²) in [6.45, 7) is 11.2. The Hall–Kier alpha value is 1.94. The Bertz CT molecular complexity index is 83.7. The zero-order valence-corrected chi connectivity index (χ0v) is 22.0. The van der Waals surface area contributed by atoms with Gasteiger partial charge in [0.25, 0.3) is 0 Å². The van der Waals surface area contributed by atoms with E-state index < -0.39 is 6.29 Å². The molecule has 6 N–H and O–H groups in total. The van der Waals surface area contributed by atoms with Gasteiger partial charge in [0, 0.05) is 62.5 Å². The Morgan fingerprint density at radius 3 is 0.773 bits per heavy atom. The predicted octanol–water partition coefficient (Wildman–Crippen LogP) is -0.194. The first-order valence-electron chi connectivity index (χ1n) is 6.60. The van der Waals surface area contributed by atoms with Crippen molar-refractivity contribution in [1.82, 2.24) is 0 Å². The second kappa shape index (κ2) is 92.3. The second-order valence-electron chi connectivity index (χ2n) is 2.42. The van der Waals surface area contributed by atoms with Crippen molar-refractivity contribution >= 4 is 45.5 Å². The number of aliphatic hydroxyl groups excluding tert-OH is 6. The van der Waals surface area contributed by atoms with Crippen molar-refractivity contribution < 1.29 is 60.6 Å². The molecule has 1 radical (unpaired) electrons. The largest absolute Gasteiger partial charge is 2.00 e. The van der Waals surface area contributed by atoms with E-state index in [1.54, 1.807) is 41.5 Å². The Labute approximate surface area is 192 Å². The molecular weight excluding hydrogens is 537 g/mol. The Balaban J connectivity index is -0.0000000120. The van der Waals surface area contributed by atoms with Gasteiger partial charge in [0.15, 0.2) is 6.29 Å². The third-order valence-corrected chi connectivity index (χ3v) is 0.341. The maximum absolute atomic E-state index is 8.14.